The lowest BCUT2D eigenvalue weighted by Crippen LogP contribution is -2.54. The van der Waals surface area contributed by atoms with Gasteiger partial charge in [-0.2, -0.15) is 0 Å². The number of ether oxygens (including phenoxy) is 2. The van der Waals surface area contributed by atoms with Crippen molar-refractivity contribution < 1.29 is 23.5 Å². The number of rotatable bonds is 5. The Morgan fingerprint density at radius 2 is 1.68 bits per heavy atom. The van der Waals surface area contributed by atoms with Crippen LogP contribution in [0.2, 0.25) is 0 Å². The van der Waals surface area contributed by atoms with Crippen LogP contribution in [0.1, 0.15) is 12.5 Å². The van der Waals surface area contributed by atoms with E-state index in [1.807, 2.05) is 6.92 Å². The van der Waals surface area contributed by atoms with Gasteiger partial charge in [-0.05, 0) is 36.8 Å². The minimum Gasteiger partial charge on any atom is -0.486 e. The lowest BCUT2D eigenvalue weighted by Gasteiger charge is -2.37. The molecular weight excluding hydrogens is 401 g/mol. The van der Waals surface area contributed by atoms with Gasteiger partial charge in [0.2, 0.25) is 11.8 Å². The Bertz CT molecular complexity index is 942. The van der Waals surface area contributed by atoms with Crippen LogP contribution < -0.4 is 14.8 Å². The molecule has 0 aliphatic carbocycles. The van der Waals surface area contributed by atoms with E-state index in [0.29, 0.717) is 56.6 Å². The third-order valence-corrected chi connectivity index (χ3v) is 5.67. The van der Waals surface area contributed by atoms with Crippen LogP contribution >= 0.6 is 0 Å². The second kappa shape index (κ2) is 9.34. The molecule has 2 amide bonds. The molecule has 1 atom stereocenters. The summed E-state index contributed by atoms with van der Waals surface area (Å²) in [6.45, 7) is 5.22. The van der Waals surface area contributed by atoms with E-state index in [2.05, 4.69) is 10.2 Å². The molecule has 1 N–H and O–H groups in total. The smallest absolute Gasteiger partial charge is 0.241 e. The van der Waals surface area contributed by atoms with E-state index < -0.39 is 0 Å². The summed E-state index contributed by atoms with van der Waals surface area (Å²) in [5.41, 5.74) is 1.45. The molecule has 0 spiro atoms. The second-order valence-corrected chi connectivity index (χ2v) is 7.74. The Morgan fingerprint density at radius 3 is 2.39 bits per heavy atom. The summed E-state index contributed by atoms with van der Waals surface area (Å²) in [5, 5.41) is 2.93. The number of hydrogen-bond donors (Lipinski definition) is 1. The van der Waals surface area contributed by atoms with E-state index >= 15 is 0 Å². The van der Waals surface area contributed by atoms with Crippen LogP contribution in [0.5, 0.6) is 11.5 Å². The maximum Gasteiger partial charge on any atom is 0.241 e. The minimum atomic E-state index is -0.331. The molecule has 1 fully saturated rings. The second-order valence-electron chi connectivity index (χ2n) is 7.74. The lowest BCUT2D eigenvalue weighted by molar-refractivity contribution is -0.133. The predicted molar refractivity (Wildman–Crippen MR) is 114 cm³/mol. The fraction of sp³-hybridized carbons (Fsp3) is 0.391. The van der Waals surface area contributed by atoms with Crippen molar-refractivity contribution in [2.75, 3.05) is 44.7 Å². The molecule has 164 valence electrons. The van der Waals surface area contributed by atoms with Crippen LogP contribution in [-0.2, 0) is 16.0 Å². The molecule has 1 saturated heterocycles. The van der Waals surface area contributed by atoms with E-state index in [9.17, 15) is 14.0 Å². The topological polar surface area (TPSA) is 71.1 Å². The van der Waals surface area contributed by atoms with Gasteiger partial charge in [0.15, 0.2) is 11.5 Å². The number of hydrogen-bond acceptors (Lipinski definition) is 5. The van der Waals surface area contributed by atoms with Gasteiger partial charge < -0.3 is 19.7 Å². The van der Waals surface area contributed by atoms with Gasteiger partial charge in [-0.1, -0.05) is 12.1 Å². The highest BCUT2D eigenvalue weighted by Crippen LogP contribution is 2.32. The first kappa shape index (κ1) is 21.1. The molecule has 0 saturated carbocycles. The zero-order chi connectivity index (χ0) is 21.8. The summed E-state index contributed by atoms with van der Waals surface area (Å²) < 4.78 is 24.1. The number of benzene rings is 2. The zero-order valence-electron chi connectivity index (χ0n) is 17.5. The first-order valence-electron chi connectivity index (χ1n) is 10.5. The van der Waals surface area contributed by atoms with Crippen LogP contribution in [0.25, 0.3) is 0 Å². The standard InChI is InChI=1S/C23H26FN3O4/c1-16(23(29)25-19-6-7-20-21(15-19)31-13-12-30-20)26-8-10-27(11-9-26)22(28)14-17-2-4-18(24)5-3-17/h2-7,15-16H,8-14H2,1H3,(H,25,29). The number of nitrogens with zero attached hydrogens (tertiary/aromatic N) is 2. The highest BCUT2D eigenvalue weighted by molar-refractivity contribution is 5.94. The van der Waals surface area contributed by atoms with Gasteiger partial charge in [0, 0.05) is 37.9 Å². The summed E-state index contributed by atoms with van der Waals surface area (Å²) in [6, 6.07) is 11.0. The molecule has 2 heterocycles. The molecule has 8 heteroatoms. The molecule has 7 nitrogen and oxygen atoms in total. The van der Waals surface area contributed by atoms with Crippen LogP contribution in [0.3, 0.4) is 0 Å². The molecule has 0 radical (unpaired) electrons. The number of nitrogens with one attached hydrogen (secondary N) is 1. The highest BCUT2D eigenvalue weighted by atomic mass is 19.1. The number of fused-ring (bicyclic) bond motifs is 1. The van der Waals surface area contributed by atoms with Crippen LogP contribution in [0.15, 0.2) is 42.5 Å². The van der Waals surface area contributed by atoms with E-state index in [1.54, 1.807) is 35.2 Å². The van der Waals surface area contributed by atoms with Gasteiger partial charge >= 0.3 is 0 Å². The van der Waals surface area contributed by atoms with Gasteiger partial charge in [-0.3, -0.25) is 14.5 Å². The van der Waals surface area contributed by atoms with Crippen molar-refractivity contribution >= 4 is 17.5 Å². The predicted octanol–water partition coefficient (Wildman–Crippen LogP) is 2.31. The zero-order valence-corrected chi connectivity index (χ0v) is 17.5. The maximum atomic E-state index is 13.0. The molecule has 2 aliphatic heterocycles. The lowest BCUT2D eigenvalue weighted by atomic mass is 10.1. The third kappa shape index (κ3) is 5.14. The summed E-state index contributed by atoms with van der Waals surface area (Å²) in [4.78, 5) is 29.1. The number of halogens is 1. The van der Waals surface area contributed by atoms with Gasteiger partial charge in [-0.25, -0.2) is 4.39 Å². The van der Waals surface area contributed by atoms with Crippen LogP contribution in [0.4, 0.5) is 10.1 Å². The molecule has 2 aromatic carbocycles. The van der Waals surface area contributed by atoms with E-state index in [1.165, 1.54) is 12.1 Å². The Labute approximate surface area is 180 Å². The first-order chi connectivity index (χ1) is 15.0. The van der Waals surface area contributed by atoms with Crippen molar-refractivity contribution in [3.05, 3.63) is 53.8 Å². The first-order valence-corrected chi connectivity index (χ1v) is 10.5. The van der Waals surface area contributed by atoms with Crippen molar-refractivity contribution in [1.82, 2.24) is 9.80 Å². The molecule has 0 bridgehead atoms. The van der Waals surface area contributed by atoms with Crippen LogP contribution in [0, 0.1) is 5.82 Å². The van der Waals surface area contributed by atoms with Gasteiger partial charge in [0.05, 0.1) is 12.5 Å². The van der Waals surface area contributed by atoms with Crippen molar-refractivity contribution in [3.63, 3.8) is 0 Å². The fourth-order valence-electron chi connectivity index (χ4n) is 3.78. The Kier molecular flexibility index (Phi) is 6.36. The monoisotopic (exact) mass is 427 g/mol. The molecule has 31 heavy (non-hydrogen) atoms. The largest absolute Gasteiger partial charge is 0.486 e. The summed E-state index contributed by atoms with van der Waals surface area (Å²) in [6.07, 6.45) is 0.250. The van der Waals surface area contributed by atoms with Crippen molar-refractivity contribution in [2.24, 2.45) is 0 Å². The van der Waals surface area contributed by atoms with E-state index in [4.69, 9.17) is 9.47 Å². The summed E-state index contributed by atoms with van der Waals surface area (Å²) in [5.74, 6) is 0.902. The third-order valence-electron chi connectivity index (χ3n) is 5.67. The quantitative estimate of drug-likeness (QED) is 0.793. The number of carbonyl (C=O) groups is 2. The van der Waals surface area contributed by atoms with Crippen molar-refractivity contribution in [3.8, 4) is 11.5 Å². The molecule has 4 rings (SSSR count). The minimum absolute atomic E-state index is 0.0136. The molecule has 1 unspecified atom stereocenters. The molecule has 0 aromatic heterocycles. The van der Waals surface area contributed by atoms with Gasteiger partial charge in [0.1, 0.15) is 19.0 Å². The van der Waals surface area contributed by atoms with E-state index in [0.717, 1.165) is 5.56 Å². The number of carbonyl (C=O) groups excluding carboxylic acids is 2. The molecule has 2 aromatic rings. The number of anilines is 1. The van der Waals surface area contributed by atoms with Gasteiger partial charge in [-0.15, -0.1) is 0 Å². The van der Waals surface area contributed by atoms with Crippen molar-refractivity contribution in [1.29, 1.82) is 0 Å². The van der Waals surface area contributed by atoms with E-state index in [-0.39, 0.29) is 30.1 Å². The fourth-order valence-corrected chi connectivity index (χ4v) is 3.78. The average Bonchev–Trinajstić information content (AvgIpc) is 2.80. The molecular formula is C23H26FN3O4. The van der Waals surface area contributed by atoms with Crippen LogP contribution in [-0.4, -0.2) is 67.0 Å². The number of amides is 2. The average molecular weight is 427 g/mol. The Hall–Kier alpha value is -3.13. The summed E-state index contributed by atoms with van der Waals surface area (Å²) in [7, 11) is 0. The normalized spacial score (nSPS) is 17.2. The summed E-state index contributed by atoms with van der Waals surface area (Å²) >= 11 is 0. The Morgan fingerprint density at radius 1 is 1.00 bits per heavy atom. The number of piperazine rings is 1. The highest BCUT2D eigenvalue weighted by Gasteiger charge is 2.27. The Balaban J connectivity index is 1.27. The SMILES string of the molecule is CC(C(=O)Nc1ccc2c(c1)OCCO2)N1CCN(C(=O)Cc2ccc(F)cc2)CC1. The van der Waals surface area contributed by atoms with Crippen molar-refractivity contribution in [2.45, 2.75) is 19.4 Å². The van der Waals surface area contributed by atoms with Gasteiger partial charge in [0.25, 0.3) is 0 Å². The maximum absolute atomic E-state index is 13.0. The molecule has 2 aliphatic rings.